The molecule has 0 radical (unpaired) electrons. The lowest BCUT2D eigenvalue weighted by atomic mass is 9.75. The van der Waals surface area contributed by atoms with Crippen LogP contribution < -0.4 is 16.4 Å². The molecular formula is C10H19N3O2. The molecule has 2 unspecified atom stereocenters. The number of nitrogens with two attached hydrogens (primary N) is 1. The summed E-state index contributed by atoms with van der Waals surface area (Å²) in [5, 5.41) is 4.86. The van der Waals surface area contributed by atoms with Crippen LogP contribution in [-0.4, -0.2) is 18.1 Å². The van der Waals surface area contributed by atoms with Crippen molar-refractivity contribution in [3.63, 3.8) is 0 Å². The molecule has 0 bridgehead atoms. The van der Waals surface area contributed by atoms with Gasteiger partial charge in [0.1, 0.15) is 0 Å². The summed E-state index contributed by atoms with van der Waals surface area (Å²) >= 11 is 0. The number of imide groups is 1. The Hall–Kier alpha value is -1.10. The van der Waals surface area contributed by atoms with E-state index in [4.69, 9.17) is 5.73 Å². The topological polar surface area (TPSA) is 84.2 Å². The van der Waals surface area contributed by atoms with Crippen LogP contribution >= 0.6 is 0 Å². The number of amides is 3. The minimum atomic E-state index is -0.635. The highest BCUT2D eigenvalue weighted by Crippen LogP contribution is 2.32. The van der Waals surface area contributed by atoms with Gasteiger partial charge in [0.15, 0.2) is 0 Å². The maximum absolute atomic E-state index is 11.8. The summed E-state index contributed by atoms with van der Waals surface area (Å²) in [6.45, 7) is 3.99. The first-order chi connectivity index (χ1) is 7.06. The van der Waals surface area contributed by atoms with Crippen LogP contribution in [0.2, 0.25) is 0 Å². The average Bonchev–Trinajstić information content (AvgIpc) is 2.17. The van der Waals surface area contributed by atoms with Crippen LogP contribution in [0.15, 0.2) is 0 Å². The lowest BCUT2D eigenvalue weighted by Crippen LogP contribution is -2.67. The molecule has 0 aromatic rings. The van der Waals surface area contributed by atoms with Crippen molar-refractivity contribution >= 4 is 11.9 Å². The van der Waals surface area contributed by atoms with Crippen molar-refractivity contribution in [1.82, 2.24) is 10.6 Å². The molecule has 0 saturated carbocycles. The highest BCUT2D eigenvalue weighted by molar-refractivity contribution is 6.00. The van der Waals surface area contributed by atoms with Crippen LogP contribution in [0.5, 0.6) is 0 Å². The van der Waals surface area contributed by atoms with E-state index in [0.717, 1.165) is 12.8 Å². The molecule has 1 saturated heterocycles. The highest BCUT2D eigenvalue weighted by atomic mass is 16.2. The molecule has 1 fully saturated rings. The standard InChI is InChI=1S/C10H19N3O2/c1-3-5-6-10(4-2)7(11)12-9(15)13-8(10)14/h7H,3-6,11H2,1-2H3,(H2,12,13,14,15). The van der Waals surface area contributed by atoms with E-state index in [1.54, 1.807) is 0 Å². The SMILES string of the molecule is CCCCC1(CC)C(=O)NC(=O)NC1N. The predicted octanol–water partition coefficient (Wildman–Crippen LogP) is 0.697. The highest BCUT2D eigenvalue weighted by Gasteiger charge is 2.46. The minimum Gasteiger partial charge on any atom is -0.322 e. The number of carbonyl (C=O) groups is 2. The number of carbonyl (C=O) groups excluding carboxylic acids is 2. The molecule has 3 amide bonds. The molecule has 1 rings (SSSR count). The van der Waals surface area contributed by atoms with Crippen molar-refractivity contribution in [3.8, 4) is 0 Å². The van der Waals surface area contributed by atoms with E-state index in [1.807, 2.05) is 6.92 Å². The van der Waals surface area contributed by atoms with Crippen LogP contribution in [0.3, 0.4) is 0 Å². The van der Waals surface area contributed by atoms with Gasteiger partial charge in [-0.25, -0.2) is 4.79 Å². The van der Waals surface area contributed by atoms with Gasteiger partial charge >= 0.3 is 6.03 Å². The number of urea groups is 1. The Morgan fingerprint density at radius 1 is 1.40 bits per heavy atom. The molecule has 5 nitrogen and oxygen atoms in total. The van der Waals surface area contributed by atoms with Gasteiger partial charge in [-0.2, -0.15) is 0 Å². The van der Waals surface area contributed by atoms with Gasteiger partial charge in [-0.1, -0.05) is 26.7 Å². The van der Waals surface area contributed by atoms with Gasteiger partial charge in [-0.05, 0) is 12.8 Å². The van der Waals surface area contributed by atoms with Gasteiger partial charge in [0, 0.05) is 0 Å². The summed E-state index contributed by atoms with van der Waals surface area (Å²) in [4.78, 5) is 22.9. The molecule has 1 heterocycles. The van der Waals surface area contributed by atoms with Crippen LogP contribution in [0.1, 0.15) is 39.5 Å². The van der Waals surface area contributed by atoms with Gasteiger partial charge in [-0.15, -0.1) is 0 Å². The Morgan fingerprint density at radius 3 is 2.53 bits per heavy atom. The number of unbranched alkanes of at least 4 members (excludes halogenated alkanes) is 1. The van der Waals surface area contributed by atoms with Crippen molar-refractivity contribution < 1.29 is 9.59 Å². The maximum atomic E-state index is 11.8. The summed E-state index contributed by atoms with van der Waals surface area (Å²) in [6.07, 6.45) is 2.73. The van der Waals surface area contributed by atoms with Gasteiger partial charge < -0.3 is 11.1 Å². The van der Waals surface area contributed by atoms with Crippen molar-refractivity contribution in [2.75, 3.05) is 0 Å². The molecule has 4 N–H and O–H groups in total. The zero-order valence-electron chi connectivity index (χ0n) is 9.30. The van der Waals surface area contributed by atoms with Crippen LogP contribution in [0.4, 0.5) is 4.79 Å². The van der Waals surface area contributed by atoms with Crippen LogP contribution in [0, 0.1) is 5.41 Å². The second kappa shape index (κ2) is 4.61. The molecule has 0 aromatic carbocycles. The quantitative estimate of drug-likeness (QED) is 0.642. The van der Waals surface area contributed by atoms with E-state index < -0.39 is 17.6 Å². The van der Waals surface area contributed by atoms with Gasteiger partial charge in [-0.3, -0.25) is 10.1 Å². The summed E-state index contributed by atoms with van der Waals surface area (Å²) in [5.74, 6) is -0.241. The van der Waals surface area contributed by atoms with Gasteiger partial charge in [0.05, 0.1) is 11.6 Å². The maximum Gasteiger partial charge on any atom is 0.322 e. The Bertz CT molecular complexity index is 267. The summed E-state index contributed by atoms with van der Waals surface area (Å²) in [7, 11) is 0. The summed E-state index contributed by atoms with van der Waals surface area (Å²) in [6, 6.07) is -0.493. The first-order valence-corrected chi connectivity index (χ1v) is 5.44. The molecular weight excluding hydrogens is 194 g/mol. The lowest BCUT2D eigenvalue weighted by Gasteiger charge is -2.40. The lowest BCUT2D eigenvalue weighted by molar-refractivity contribution is -0.134. The number of rotatable bonds is 4. The molecule has 0 aliphatic carbocycles. The second-order valence-electron chi connectivity index (χ2n) is 4.02. The predicted molar refractivity (Wildman–Crippen MR) is 56.9 cm³/mol. The molecule has 0 aromatic heterocycles. The first kappa shape index (κ1) is 12.0. The number of hydrogen-bond donors (Lipinski definition) is 3. The van der Waals surface area contributed by atoms with Crippen LogP contribution in [0.25, 0.3) is 0 Å². The Balaban J connectivity index is 2.84. The first-order valence-electron chi connectivity index (χ1n) is 5.44. The number of nitrogens with one attached hydrogen (secondary N) is 2. The largest absolute Gasteiger partial charge is 0.322 e. The normalized spacial score (nSPS) is 31.0. The molecule has 2 atom stereocenters. The molecule has 0 spiro atoms. The third kappa shape index (κ3) is 2.12. The fraction of sp³-hybridized carbons (Fsp3) is 0.800. The fourth-order valence-electron chi connectivity index (χ4n) is 2.00. The van der Waals surface area contributed by atoms with E-state index in [1.165, 1.54) is 0 Å². The third-order valence-corrected chi connectivity index (χ3v) is 3.17. The van der Waals surface area contributed by atoms with Crippen molar-refractivity contribution in [2.45, 2.75) is 45.7 Å². The summed E-state index contributed by atoms with van der Waals surface area (Å²) < 4.78 is 0. The minimum absolute atomic E-state index is 0.241. The van der Waals surface area contributed by atoms with E-state index in [0.29, 0.717) is 12.8 Å². The zero-order valence-corrected chi connectivity index (χ0v) is 9.30. The Labute approximate surface area is 89.8 Å². The molecule has 5 heteroatoms. The van der Waals surface area contributed by atoms with Crippen molar-refractivity contribution in [1.29, 1.82) is 0 Å². The molecule has 1 aliphatic heterocycles. The third-order valence-electron chi connectivity index (χ3n) is 3.17. The molecule has 15 heavy (non-hydrogen) atoms. The Morgan fingerprint density at radius 2 is 2.07 bits per heavy atom. The smallest absolute Gasteiger partial charge is 0.322 e. The van der Waals surface area contributed by atoms with Crippen LogP contribution in [-0.2, 0) is 4.79 Å². The van der Waals surface area contributed by atoms with Crippen molar-refractivity contribution in [2.24, 2.45) is 11.1 Å². The van der Waals surface area contributed by atoms with E-state index >= 15 is 0 Å². The van der Waals surface area contributed by atoms with Crippen molar-refractivity contribution in [3.05, 3.63) is 0 Å². The number of hydrogen-bond acceptors (Lipinski definition) is 3. The average molecular weight is 213 g/mol. The molecule has 86 valence electrons. The van der Waals surface area contributed by atoms with Gasteiger partial charge in [0.2, 0.25) is 5.91 Å². The van der Waals surface area contributed by atoms with E-state index in [2.05, 4.69) is 17.6 Å². The van der Waals surface area contributed by atoms with E-state index in [-0.39, 0.29) is 5.91 Å². The zero-order chi connectivity index (χ0) is 11.5. The Kier molecular flexibility index (Phi) is 3.68. The second-order valence-corrected chi connectivity index (χ2v) is 4.02. The van der Waals surface area contributed by atoms with Gasteiger partial charge in [0.25, 0.3) is 0 Å². The monoisotopic (exact) mass is 213 g/mol. The summed E-state index contributed by atoms with van der Waals surface area (Å²) in [5.41, 5.74) is 5.22. The molecule has 1 aliphatic rings. The fourth-order valence-corrected chi connectivity index (χ4v) is 2.00. The van der Waals surface area contributed by atoms with E-state index in [9.17, 15) is 9.59 Å².